The highest BCUT2D eigenvalue weighted by molar-refractivity contribution is 7.91. The number of hydrogen-bond donors (Lipinski definition) is 0. The summed E-state index contributed by atoms with van der Waals surface area (Å²) in [4.78, 5) is -0.996. The molecule has 1 aliphatic rings. The zero-order chi connectivity index (χ0) is 16.9. The van der Waals surface area contributed by atoms with Gasteiger partial charge in [0, 0.05) is 17.5 Å². The van der Waals surface area contributed by atoms with Gasteiger partial charge in [-0.1, -0.05) is 0 Å². The molecule has 0 heterocycles. The predicted molar refractivity (Wildman–Crippen MR) is 69.5 cm³/mol. The minimum Gasteiger partial charge on any atom is -0.404 e. The molecule has 1 aromatic rings. The summed E-state index contributed by atoms with van der Waals surface area (Å²) in [5, 5.41) is 0. The van der Waals surface area contributed by atoms with Crippen LogP contribution in [0.2, 0.25) is 13.1 Å². The Morgan fingerprint density at radius 2 is 1.91 bits per heavy atom. The number of sulfone groups is 1. The van der Waals surface area contributed by atoms with E-state index in [9.17, 15) is 30.4 Å². The van der Waals surface area contributed by atoms with Crippen molar-refractivity contribution in [1.82, 2.24) is 0 Å². The SMILES string of the molecule is C[Si](C)OC1c2c(S(=O)(=O)C(F)F)ccc(F)c2CC1(F)F. The molecule has 0 bridgehead atoms. The third-order valence-electron chi connectivity index (χ3n) is 3.21. The molecular formula is C12H12F5O3SSi. The van der Waals surface area contributed by atoms with Crippen LogP contribution in [-0.4, -0.2) is 29.1 Å². The lowest BCUT2D eigenvalue weighted by atomic mass is 10.1. The lowest BCUT2D eigenvalue weighted by Crippen LogP contribution is -2.29. The molecule has 0 fully saturated rings. The molecule has 0 aromatic heterocycles. The number of halogens is 5. The molecule has 1 radical (unpaired) electrons. The second kappa shape index (κ2) is 5.57. The third kappa shape index (κ3) is 2.79. The standard InChI is InChI=1S/C12H12F5O3SSi/c1-22(2)20-10-9-6(5-12(10,16)17)7(13)3-4-8(9)21(18,19)11(14)15/h3-4,10-11H,5H2,1-2H3. The van der Waals surface area contributed by atoms with Crippen molar-refractivity contribution >= 4 is 18.9 Å². The minimum atomic E-state index is -5.14. The molecule has 22 heavy (non-hydrogen) atoms. The monoisotopic (exact) mass is 359 g/mol. The van der Waals surface area contributed by atoms with Crippen molar-refractivity contribution in [3.8, 4) is 0 Å². The van der Waals surface area contributed by atoms with E-state index < -0.39 is 64.9 Å². The average Bonchev–Trinajstić information content (AvgIpc) is 2.62. The molecular weight excluding hydrogens is 347 g/mol. The maximum Gasteiger partial charge on any atom is 0.341 e. The summed E-state index contributed by atoms with van der Waals surface area (Å²) in [5.74, 6) is -8.40. The molecule has 0 amide bonds. The fraction of sp³-hybridized carbons (Fsp3) is 0.500. The molecule has 0 saturated carbocycles. The summed E-state index contributed by atoms with van der Waals surface area (Å²) in [6.45, 7) is 3.05. The first-order valence-electron chi connectivity index (χ1n) is 6.16. The molecule has 0 N–H and O–H groups in total. The zero-order valence-corrected chi connectivity index (χ0v) is 13.4. The van der Waals surface area contributed by atoms with Crippen LogP contribution in [0.25, 0.3) is 0 Å². The first-order chi connectivity index (χ1) is 9.98. The first-order valence-corrected chi connectivity index (χ1v) is 10.1. The van der Waals surface area contributed by atoms with Crippen LogP contribution >= 0.6 is 0 Å². The summed E-state index contributed by atoms with van der Waals surface area (Å²) < 4.78 is 95.8. The van der Waals surface area contributed by atoms with Crippen LogP contribution < -0.4 is 0 Å². The van der Waals surface area contributed by atoms with E-state index in [-0.39, 0.29) is 0 Å². The molecule has 1 aromatic carbocycles. The van der Waals surface area contributed by atoms with Crippen LogP contribution in [0.5, 0.6) is 0 Å². The summed E-state index contributed by atoms with van der Waals surface area (Å²) in [6.07, 6.45) is -3.12. The number of rotatable bonds is 4. The first kappa shape index (κ1) is 17.4. The minimum absolute atomic E-state index is 0.583. The third-order valence-corrected chi connectivity index (χ3v) is 5.36. The van der Waals surface area contributed by atoms with Crippen LogP contribution in [0.3, 0.4) is 0 Å². The van der Waals surface area contributed by atoms with Gasteiger partial charge in [-0.05, 0) is 25.2 Å². The molecule has 123 valence electrons. The molecule has 1 atom stereocenters. The van der Waals surface area contributed by atoms with Crippen molar-refractivity contribution in [3.05, 3.63) is 29.1 Å². The smallest absolute Gasteiger partial charge is 0.341 e. The quantitative estimate of drug-likeness (QED) is 0.471. The highest BCUT2D eigenvalue weighted by Gasteiger charge is 2.52. The van der Waals surface area contributed by atoms with Gasteiger partial charge in [0.2, 0.25) is 18.9 Å². The number of fused-ring (bicyclic) bond motifs is 1. The molecule has 0 spiro atoms. The van der Waals surface area contributed by atoms with E-state index in [1.807, 2.05) is 0 Å². The highest BCUT2D eigenvalue weighted by Crippen LogP contribution is 2.49. The number of hydrogen-bond acceptors (Lipinski definition) is 3. The Morgan fingerprint density at radius 3 is 2.41 bits per heavy atom. The van der Waals surface area contributed by atoms with Gasteiger partial charge in [-0.25, -0.2) is 21.6 Å². The molecule has 3 nitrogen and oxygen atoms in total. The maximum atomic E-state index is 14.1. The highest BCUT2D eigenvalue weighted by atomic mass is 32.2. The molecule has 1 aliphatic carbocycles. The second-order valence-electron chi connectivity index (χ2n) is 5.09. The summed E-state index contributed by atoms with van der Waals surface area (Å²) in [6, 6.07) is 1.20. The summed E-state index contributed by atoms with van der Waals surface area (Å²) in [7, 11) is -6.85. The van der Waals surface area contributed by atoms with Crippen molar-refractivity contribution < 1.29 is 34.8 Å². The van der Waals surface area contributed by atoms with Crippen molar-refractivity contribution in [2.45, 2.75) is 42.2 Å². The van der Waals surface area contributed by atoms with Crippen molar-refractivity contribution in [1.29, 1.82) is 0 Å². The van der Waals surface area contributed by atoms with Gasteiger partial charge in [0.15, 0.2) is 0 Å². The Morgan fingerprint density at radius 1 is 1.32 bits per heavy atom. The second-order valence-corrected chi connectivity index (χ2v) is 9.03. The van der Waals surface area contributed by atoms with Gasteiger partial charge in [0.05, 0.1) is 4.90 Å². The largest absolute Gasteiger partial charge is 0.404 e. The van der Waals surface area contributed by atoms with E-state index in [2.05, 4.69) is 0 Å². The van der Waals surface area contributed by atoms with Gasteiger partial charge >= 0.3 is 5.76 Å². The van der Waals surface area contributed by atoms with Crippen LogP contribution in [-0.2, 0) is 20.7 Å². The van der Waals surface area contributed by atoms with Gasteiger partial charge in [0.1, 0.15) is 11.9 Å². The van der Waals surface area contributed by atoms with E-state index in [1.165, 1.54) is 13.1 Å². The maximum absolute atomic E-state index is 14.1. The zero-order valence-electron chi connectivity index (χ0n) is 11.5. The van der Waals surface area contributed by atoms with Crippen molar-refractivity contribution in [2.24, 2.45) is 0 Å². The molecule has 0 saturated heterocycles. The van der Waals surface area contributed by atoms with Crippen LogP contribution in [0.15, 0.2) is 17.0 Å². The van der Waals surface area contributed by atoms with Crippen LogP contribution in [0.1, 0.15) is 17.2 Å². The van der Waals surface area contributed by atoms with Gasteiger partial charge in [-0.3, -0.25) is 0 Å². The van der Waals surface area contributed by atoms with Crippen molar-refractivity contribution in [2.75, 3.05) is 0 Å². The van der Waals surface area contributed by atoms with Gasteiger partial charge in [-0.2, -0.15) is 8.78 Å². The Hall–Kier alpha value is -1.00. The van der Waals surface area contributed by atoms with Crippen LogP contribution in [0.4, 0.5) is 22.0 Å². The van der Waals surface area contributed by atoms with E-state index in [1.54, 1.807) is 0 Å². The molecule has 1 unspecified atom stereocenters. The van der Waals surface area contributed by atoms with Gasteiger partial charge in [0.25, 0.3) is 5.92 Å². The van der Waals surface area contributed by atoms with Crippen LogP contribution in [0, 0.1) is 5.82 Å². The summed E-state index contributed by atoms with van der Waals surface area (Å²) in [5.41, 5.74) is -1.27. The van der Waals surface area contributed by atoms with Crippen molar-refractivity contribution in [3.63, 3.8) is 0 Å². The average molecular weight is 359 g/mol. The molecule has 10 heteroatoms. The Kier molecular flexibility index (Phi) is 4.39. The van der Waals surface area contributed by atoms with Gasteiger partial charge in [-0.15, -0.1) is 0 Å². The Bertz CT molecular complexity index is 690. The topological polar surface area (TPSA) is 43.4 Å². The predicted octanol–water partition coefficient (Wildman–Crippen LogP) is 3.32. The number of benzene rings is 1. The normalized spacial score (nSPS) is 20.7. The number of alkyl halides is 4. The van der Waals surface area contributed by atoms with E-state index in [4.69, 9.17) is 4.43 Å². The van der Waals surface area contributed by atoms with E-state index >= 15 is 0 Å². The molecule has 0 aliphatic heterocycles. The fourth-order valence-electron chi connectivity index (χ4n) is 2.35. The summed E-state index contributed by atoms with van der Waals surface area (Å²) >= 11 is 0. The molecule has 2 rings (SSSR count). The van der Waals surface area contributed by atoms with E-state index in [0.29, 0.717) is 12.1 Å². The van der Waals surface area contributed by atoms with E-state index in [0.717, 1.165) is 0 Å². The lowest BCUT2D eigenvalue weighted by Gasteiger charge is -2.23. The van der Waals surface area contributed by atoms with Gasteiger partial charge < -0.3 is 4.43 Å². The Balaban J connectivity index is 2.72. The Labute approximate surface area is 125 Å². The fourth-order valence-corrected chi connectivity index (χ4v) is 4.10. The lowest BCUT2D eigenvalue weighted by molar-refractivity contribution is -0.0869.